The smallest absolute Gasteiger partial charge is 0.129 e. The highest BCUT2D eigenvalue weighted by Crippen LogP contribution is 2.41. The summed E-state index contributed by atoms with van der Waals surface area (Å²) in [6, 6.07) is 6.72. The topological polar surface area (TPSA) is 0 Å². The molecule has 0 saturated carbocycles. The first-order chi connectivity index (χ1) is 8.00. The molecule has 0 N–H and O–H groups in total. The Morgan fingerprint density at radius 3 is 2.65 bits per heavy atom. The highest BCUT2D eigenvalue weighted by atomic mass is 79.9. The number of hydrogen-bond donors (Lipinski definition) is 0. The fraction of sp³-hybridized carbons (Fsp3) is 0.167. The molecule has 2 rings (SSSR count). The zero-order valence-corrected chi connectivity index (χ0v) is 13.6. The Hall–Kier alpha value is 0.1000. The quantitative estimate of drug-likeness (QED) is 0.537. The van der Waals surface area contributed by atoms with E-state index in [2.05, 4.69) is 31.9 Å². The second-order valence-corrected chi connectivity index (χ2v) is 7.52. The summed E-state index contributed by atoms with van der Waals surface area (Å²) in [4.78, 5) is 0.914. The van der Waals surface area contributed by atoms with Gasteiger partial charge in [0.05, 0.1) is 8.61 Å². The summed E-state index contributed by atoms with van der Waals surface area (Å²) >= 11 is 14.6. The molecule has 1 heterocycles. The summed E-state index contributed by atoms with van der Waals surface area (Å²) in [5, 5.41) is 0.439. The van der Waals surface area contributed by atoms with Gasteiger partial charge >= 0.3 is 0 Å². The standard InChI is InChI=1S/C12H8Br2ClFS/c1-6-7(5-10(13)17-6)12(14)11-8(15)3-2-4-9(11)16/h2-5,12H,1H3. The lowest BCUT2D eigenvalue weighted by Crippen LogP contribution is -1.97. The molecule has 0 fully saturated rings. The summed E-state index contributed by atoms with van der Waals surface area (Å²) in [7, 11) is 0. The second-order valence-electron chi connectivity index (χ2n) is 3.56. The average molecular weight is 399 g/mol. The lowest BCUT2D eigenvalue weighted by Gasteiger charge is -2.12. The molecule has 1 aromatic carbocycles. The second kappa shape index (κ2) is 5.39. The van der Waals surface area contributed by atoms with Crippen molar-refractivity contribution in [2.75, 3.05) is 0 Å². The summed E-state index contributed by atoms with van der Waals surface area (Å²) in [6.45, 7) is 2.01. The van der Waals surface area contributed by atoms with Crippen molar-refractivity contribution in [1.82, 2.24) is 0 Å². The minimum Gasteiger partial charge on any atom is -0.207 e. The van der Waals surface area contributed by atoms with Gasteiger partial charge in [-0.15, -0.1) is 11.3 Å². The van der Waals surface area contributed by atoms with E-state index in [1.807, 2.05) is 13.0 Å². The van der Waals surface area contributed by atoms with Crippen LogP contribution < -0.4 is 0 Å². The molecule has 0 saturated heterocycles. The van der Waals surface area contributed by atoms with E-state index in [0.717, 1.165) is 14.2 Å². The highest BCUT2D eigenvalue weighted by molar-refractivity contribution is 9.11. The van der Waals surface area contributed by atoms with Gasteiger partial charge in [0, 0.05) is 15.5 Å². The molecule has 1 aromatic heterocycles. The Labute approximate surface area is 125 Å². The van der Waals surface area contributed by atoms with E-state index in [-0.39, 0.29) is 10.6 Å². The molecule has 0 radical (unpaired) electrons. The molecule has 90 valence electrons. The van der Waals surface area contributed by atoms with E-state index in [9.17, 15) is 4.39 Å². The maximum Gasteiger partial charge on any atom is 0.129 e. The van der Waals surface area contributed by atoms with Gasteiger partial charge in [-0.25, -0.2) is 4.39 Å². The summed E-state index contributed by atoms with van der Waals surface area (Å²) < 4.78 is 14.8. The minimum atomic E-state index is -0.291. The summed E-state index contributed by atoms with van der Waals surface area (Å²) in [5.74, 6) is -0.291. The third kappa shape index (κ3) is 2.75. The van der Waals surface area contributed by atoms with Gasteiger partial charge in [0.1, 0.15) is 5.82 Å². The third-order valence-corrected chi connectivity index (χ3v) is 5.30. The largest absolute Gasteiger partial charge is 0.207 e. The van der Waals surface area contributed by atoms with Gasteiger partial charge in [0.15, 0.2) is 0 Å². The van der Waals surface area contributed by atoms with E-state index in [1.165, 1.54) is 6.07 Å². The van der Waals surface area contributed by atoms with Gasteiger partial charge in [0.25, 0.3) is 0 Å². The van der Waals surface area contributed by atoms with Crippen LogP contribution in [0, 0.1) is 12.7 Å². The zero-order chi connectivity index (χ0) is 12.6. The van der Waals surface area contributed by atoms with Gasteiger partial charge in [-0.2, -0.15) is 0 Å². The van der Waals surface area contributed by atoms with E-state index in [4.69, 9.17) is 11.6 Å². The van der Waals surface area contributed by atoms with Crippen LogP contribution in [0.5, 0.6) is 0 Å². The Kier molecular flexibility index (Phi) is 4.29. The summed E-state index contributed by atoms with van der Waals surface area (Å²) in [5.41, 5.74) is 1.52. The molecule has 1 unspecified atom stereocenters. The van der Waals surface area contributed by atoms with Crippen LogP contribution in [0.2, 0.25) is 5.02 Å². The van der Waals surface area contributed by atoms with Crippen molar-refractivity contribution >= 4 is 54.8 Å². The van der Waals surface area contributed by atoms with Crippen LogP contribution in [-0.4, -0.2) is 0 Å². The maximum atomic E-state index is 13.8. The molecule has 0 spiro atoms. The first-order valence-corrected chi connectivity index (χ1v) is 7.75. The first kappa shape index (κ1) is 13.5. The molecular formula is C12H8Br2ClFS. The maximum absolute atomic E-state index is 13.8. The van der Waals surface area contributed by atoms with Crippen LogP contribution >= 0.6 is 54.8 Å². The normalized spacial score (nSPS) is 12.8. The number of aryl methyl sites for hydroxylation is 1. The monoisotopic (exact) mass is 396 g/mol. The molecule has 0 aliphatic rings. The predicted molar refractivity (Wildman–Crippen MR) is 78.9 cm³/mol. The van der Waals surface area contributed by atoms with Crippen LogP contribution in [-0.2, 0) is 0 Å². The number of alkyl halides is 1. The molecule has 17 heavy (non-hydrogen) atoms. The number of benzene rings is 1. The van der Waals surface area contributed by atoms with Crippen molar-refractivity contribution in [3.05, 3.63) is 54.9 Å². The van der Waals surface area contributed by atoms with E-state index >= 15 is 0 Å². The SMILES string of the molecule is Cc1sc(Br)cc1C(Br)c1c(F)cccc1Cl. The van der Waals surface area contributed by atoms with Gasteiger partial charge in [-0.1, -0.05) is 33.6 Å². The molecule has 1 atom stereocenters. The number of hydrogen-bond acceptors (Lipinski definition) is 1. The predicted octanol–water partition coefficient (Wildman–Crippen LogP) is 6.10. The molecule has 0 amide bonds. The van der Waals surface area contributed by atoms with Crippen molar-refractivity contribution in [3.8, 4) is 0 Å². The fourth-order valence-electron chi connectivity index (χ4n) is 1.62. The molecule has 0 bridgehead atoms. The summed E-state index contributed by atoms with van der Waals surface area (Å²) in [6.07, 6.45) is 0. The fourth-order valence-corrected chi connectivity index (χ4v) is 4.86. The Balaban J connectivity index is 2.51. The number of rotatable bonds is 2. The van der Waals surface area contributed by atoms with E-state index in [1.54, 1.807) is 23.5 Å². The molecule has 5 heteroatoms. The minimum absolute atomic E-state index is 0.223. The van der Waals surface area contributed by atoms with Gasteiger partial charge in [-0.3, -0.25) is 0 Å². The van der Waals surface area contributed by atoms with Crippen molar-refractivity contribution in [2.24, 2.45) is 0 Å². The molecule has 0 aliphatic carbocycles. The van der Waals surface area contributed by atoms with Gasteiger partial charge in [0.2, 0.25) is 0 Å². The lowest BCUT2D eigenvalue weighted by atomic mass is 10.1. The van der Waals surface area contributed by atoms with Crippen LogP contribution in [0.1, 0.15) is 20.8 Å². The van der Waals surface area contributed by atoms with Gasteiger partial charge in [-0.05, 0) is 46.6 Å². The van der Waals surface area contributed by atoms with Crippen LogP contribution in [0.4, 0.5) is 4.39 Å². The van der Waals surface area contributed by atoms with Crippen molar-refractivity contribution in [2.45, 2.75) is 11.8 Å². The van der Waals surface area contributed by atoms with Crippen molar-refractivity contribution in [1.29, 1.82) is 0 Å². The Morgan fingerprint density at radius 2 is 2.12 bits per heavy atom. The van der Waals surface area contributed by atoms with Crippen LogP contribution in [0.3, 0.4) is 0 Å². The highest BCUT2D eigenvalue weighted by Gasteiger charge is 2.21. The van der Waals surface area contributed by atoms with E-state index in [0.29, 0.717) is 10.6 Å². The van der Waals surface area contributed by atoms with Crippen LogP contribution in [0.15, 0.2) is 28.1 Å². The van der Waals surface area contributed by atoms with Gasteiger partial charge < -0.3 is 0 Å². The molecule has 0 aliphatic heterocycles. The van der Waals surface area contributed by atoms with Crippen molar-refractivity contribution in [3.63, 3.8) is 0 Å². The molecular weight excluding hydrogens is 390 g/mol. The Bertz CT molecular complexity index is 533. The average Bonchev–Trinajstić information content (AvgIpc) is 2.57. The first-order valence-electron chi connectivity index (χ1n) is 4.84. The number of halogens is 4. The number of thiophene rings is 1. The Morgan fingerprint density at radius 1 is 1.41 bits per heavy atom. The van der Waals surface area contributed by atoms with E-state index < -0.39 is 0 Å². The molecule has 0 nitrogen and oxygen atoms in total. The molecule has 2 aromatic rings. The van der Waals surface area contributed by atoms with Crippen molar-refractivity contribution < 1.29 is 4.39 Å². The third-order valence-electron chi connectivity index (χ3n) is 2.45. The van der Waals surface area contributed by atoms with Crippen LogP contribution in [0.25, 0.3) is 0 Å². The zero-order valence-electron chi connectivity index (χ0n) is 8.81. The lowest BCUT2D eigenvalue weighted by molar-refractivity contribution is 0.613.